The molecule has 0 fully saturated rings. The maximum absolute atomic E-state index is 12.3. The molecule has 0 aliphatic heterocycles. The van der Waals surface area contributed by atoms with Crippen LogP contribution in [0.1, 0.15) is 5.56 Å². The first kappa shape index (κ1) is 8.52. The number of hydrogen-bond acceptors (Lipinski definition) is 1. The minimum absolute atomic E-state index is 0.204. The summed E-state index contributed by atoms with van der Waals surface area (Å²) in [4.78, 5) is 10.1. The summed E-state index contributed by atoms with van der Waals surface area (Å²) in [6, 6.07) is 5.65. The van der Waals surface area contributed by atoms with Crippen LogP contribution in [0.4, 0.5) is 9.18 Å². The quantitative estimate of drug-likeness (QED) is 0.706. The fraction of sp³-hybridized carbons (Fsp3) is 0.125. The minimum Gasteiger partial charge on any atom is -0.465 e. The summed E-state index contributed by atoms with van der Waals surface area (Å²) < 4.78 is 12.3. The first-order chi connectivity index (χ1) is 5.68. The maximum atomic E-state index is 12.3. The molecular weight excluding hydrogens is 161 g/mol. The Kier molecular flexibility index (Phi) is 2.63. The molecule has 2 N–H and O–H groups in total. The van der Waals surface area contributed by atoms with E-state index >= 15 is 0 Å². The highest BCUT2D eigenvalue weighted by Crippen LogP contribution is 2.01. The van der Waals surface area contributed by atoms with Gasteiger partial charge in [0, 0.05) is 6.54 Å². The molecule has 3 nitrogen and oxygen atoms in total. The lowest BCUT2D eigenvalue weighted by Gasteiger charge is -1.99. The lowest BCUT2D eigenvalue weighted by atomic mass is 10.2. The standard InChI is InChI=1S/C8H8FNO2/c9-7-3-1-6(2-4-7)5-10-8(11)12/h1-4,10H,5H2,(H,11,12). The normalized spacial score (nSPS) is 9.42. The van der Waals surface area contributed by atoms with Gasteiger partial charge < -0.3 is 10.4 Å². The molecule has 0 spiro atoms. The van der Waals surface area contributed by atoms with Crippen LogP contribution in [0.25, 0.3) is 0 Å². The van der Waals surface area contributed by atoms with Crippen molar-refractivity contribution in [1.29, 1.82) is 0 Å². The molecule has 0 unspecified atom stereocenters. The smallest absolute Gasteiger partial charge is 0.404 e. The molecule has 0 aliphatic rings. The number of amides is 1. The van der Waals surface area contributed by atoms with Crippen LogP contribution in [0.5, 0.6) is 0 Å². The Morgan fingerprint density at radius 3 is 2.50 bits per heavy atom. The molecule has 1 rings (SSSR count). The molecule has 0 bridgehead atoms. The zero-order chi connectivity index (χ0) is 8.97. The number of carboxylic acid groups (broad SMARTS) is 1. The average molecular weight is 169 g/mol. The van der Waals surface area contributed by atoms with E-state index in [1.807, 2.05) is 0 Å². The highest BCUT2D eigenvalue weighted by molar-refractivity contribution is 5.64. The molecule has 0 heterocycles. The summed E-state index contributed by atoms with van der Waals surface area (Å²) in [6.07, 6.45) is -1.08. The average Bonchev–Trinajstić information content (AvgIpc) is 2.03. The molecule has 4 heteroatoms. The molecule has 1 amide bonds. The van der Waals surface area contributed by atoms with E-state index in [0.29, 0.717) is 0 Å². The van der Waals surface area contributed by atoms with Crippen LogP contribution in [0.2, 0.25) is 0 Å². The van der Waals surface area contributed by atoms with Crippen molar-refractivity contribution in [1.82, 2.24) is 5.32 Å². The number of benzene rings is 1. The molecule has 0 atom stereocenters. The summed E-state index contributed by atoms with van der Waals surface area (Å²) in [5, 5.41) is 10.4. The van der Waals surface area contributed by atoms with Crippen LogP contribution in [0, 0.1) is 5.82 Å². The van der Waals surface area contributed by atoms with Crippen molar-refractivity contribution in [3.63, 3.8) is 0 Å². The van der Waals surface area contributed by atoms with Crippen LogP contribution >= 0.6 is 0 Å². The number of rotatable bonds is 2. The third kappa shape index (κ3) is 2.57. The van der Waals surface area contributed by atoms with Crippen LogP contribution in [-0.4, -0.2) is 11.2 Å². The van der Waals surface area contributed by atoms with Gasteiger partial charge in [0.25, 0.3) is 0 Å². The number of nitrogens with one attached hydrogen (secondary N) is 1. The van der Waals surface area contributed by atoms with Crippen LogP contribution in [0.3, 0.4) is 0 Å². The second kappa shape index (κ2) is 3.71. The van der Waals surface area contributed by atoms with Gasteiger partial charge in [-0.2, -0.15) is 0 Å². The van der Waals surface area contributed by atoms with E-state index in [0.717, 1.165) is 5.56 Å². The van der Waals surface area contributed by atoms with Crippen molar-refractivity contribution < 1.29 is 14.3 Å². The van der Waals surface area contributed by atoms with Crippen molar-refractivity contribution in [2.45, 2.75) is 6.54 Å². The first-order valence-electron chi connectivity index (χ1n) is 3.40. The Hall–Kier alpha value is -1.58. The lowest BCUT2D eigenvalue weighted by Crippen LogP contribution is -2.19. The molecule has 0 saturated heterocycles. The minimum atomic E-state index is -1.08. The molecule has 1 aromatic carbocycles. The van der Waals surface area contributed by atoms with Crippen LogP contribution < -0.4 is 5.32 Å². The number of halogens is 1. The summed E-state index contributed by atoms with van der Waals surface area (Å²) in [5.74, 6) is -0.325. The van der Waals surface area contributed by atoms with Gasteiger partial charge in [0.15, 0.2) is 0 Å². The summed E-state index contributed by atoms with van der Waals surface area (Å²) in [7, 11) is 0. The van der Waals surface area contributed by atoms with E-state index in [-0.39, 0.29) is 12.4 Å². The lowest BCUT2D eigenvalue weighted by molar-refractivity contribution is 0.194. The highest BCUT2D eigenvalue weighted by atomic mass is 19.1. The van der Waals surface area contributed by atoms with E-state index in [1.54, 1.807) is 0 Å². The van der Waals surface area contributed by atoms with Crippen molar-refractivity contribution in [3.8, 4) is 0 Å². The molecule has 0 aliphatic carbocycles. The topological polar surface area (TPSA) is 49.3 Å². The number of carbonyl (C=O) groups is 1. The zero-order valence-electron chi connectivity index (χ0n) is 6.25. The van der Waals surface area contributed by atoms with Gasteiger partial charge in [-0.3, -0.25) is 0 Å². The molecule has 1 aromatic rings. The second-order valence-corrected chi connectivity index (χ2v) is 2.29. The maximum Gasteiger partial charge on any atom is 0.404 e. The molecule has 0 radical (unpaired) electrons. The predicted octanol–water partition coefficient (Wildman–Crippen LogP) is 1.59. The molecule has 12 heavy (non-hydrogen) atoms. The van der Waals surface area contributed by atoms with E-state index in [1.165, 1.54) is 24.3 Å². The summed E-state index contributed by atoms with van der Waals surface area (Å²) >= 11 is 0. The molecular formula is C8H8FNO2. The van der Waals surface area contributed by atoms with Crippen molar-refractivity contribution >= 4 is 6.09 Å². The van der Waals surface area contributed by atoms with Gasteiger partial charge >= 0.3 is 6.09 Å². The first-order valence-corrected chi connectivity index (χ1v) is 3.40. The Bertz CT molecular complexity index is 271. The second-order valence-electron chi connectivity index (χ2n) is 2.29. The van der Waals surface area contributed by atoms with Gasteiger partial charge in [-0.05, 0) is 17.7 Å². The van der Waals surface area contributed by atoms with Crippen molar-refractivity contribution in [2.24, 2.45) is 0 Å². The fourth-order valence-electron chi connectivity index (χ4n) is 0.780. The monoisotopic (exact) mass is 169 g/mol. The van der Waals surface area contributed by atoms with Crippen molar-refractivity contribution in [2.75, 3.05) is 0 Å². The SMILES string of the molecule is O=C(O)NCc1ccc(F)cc1. The molecule has 64 valence electrons. The third-order valence-corrected chi connectivity index (χ3v) is 1.36. The molecule has 0 aromatic heterocycles. The van der Waals surface area contributed by atoms with E-state index in [4.69, 9.17) is 5.11 Å². The third-order valence-electron chi connectivity index (χ3n) is 1.36. The van der Waals surface area contributed by atoms with Gasteiger partial charge in [-0.25, -0.2) is 9.18 Å². The molecule has 0 saturated carbocycles. The van der Waals surface area contributed by atoms with E-state index < -0.39 is 6.09 Å². The van der Waals surface area contributed by atoms with Gasteiger partial charge in [0.1, 0.15) is 5.82 Å². The van der Waals surface area contributed by atoms with Crippen molar-refractivity contribution in [3.05, 3.63) is 35.6 Å². The Morgan fingerprint density at radius 1 is 1.42 bits per heavy atom. The van der Waals surface area contributed by atoms with Crippen LogP contribution in [0.15, 0.2) is 24.3 Å². The Balaban J connectivity index is 2.53. The number of hydrogen-bond donors (Lipinski definition) is 2. The fourth-order valence-corrected chi connectivity index (χ4v) is 0.780. The summed E-state index contributed by atoms with van der Waals surface area (Å²) in [6.45, 7) is 0.204. The Morgan fingerprint density at radius 2 is 2.00 bits per heavy atom. The summed E-state index contributed by atoms with van der Waals surface area (Å²) in [5.41, 5.74) is 0.735. The van der Waals surface area contributed by atoms with Gasteiger partial charge in [0.2, 0.25) is 0 Å². The predicted molar refractivity (Wildman–Crippen MR) is 41.3 cm³/mol. The zero-order valence-corrected chi connectivity index (χ0v) is 6.25. The van der Waals surface area contributed by atoms with Gasteiger partial charge in [-0.1, -0.05) is 12.1 Å². The van der Waals surface area contributed by atoms with Crippen LogP contribution in [-0.2, 0) is 6.54 Å². The van der Waals surface area contributed by atoms with Gasteiger partial charge in [0.05, 0.1) is 0 Å². The largest absolute Gasteiger partial charge is 0.465 e. The van der Waals surface area contributed by atoms with Gasteiger partial charge in [-0.15, -0.1) is 0 Å². The van der Waals surface area contributed by atoms with E-state index in [9.17, 15) is 9.18 Å². The van der Waals surface area contributed by atoms with E-state index in [2.05, 4.69) is 5.32 Å². The Labute approximate surface area is 68.8 Å². The highest BCUT2D eigenvalue weighted by Gasteiger charge is 1.95.